The van der Waals surface area contributed by atoms with Crippen molar-refractivity contribution in [2.24, 2.45) is 5.92 Å². The van der Waals surface area contributed by atoms with Crippen LogP contribution in [0.4, 0.5) is 15.8 Å². The van der Waals surface area contributed by atoms with Crippen molar-refractivity contribution >= 4 is 40.9 Å². The third-order valence-corrected chi connectivity index (χ3v) is 8.35. The number of carbonyl (C=O) groups excluding carboxylic acids is 3. The minimum absolute atomic E-state index is 0.119. The van der Waals surface area contributed by atoms with Crippen molar-refractivity contribution in [3.8, 4) is 0 Å². The highest BCUT2D eigenvalue weighted by atomic mass is 32.2. The summed E-state index contributed by atoms with van der Waals surface area (Å²) in [7, 11) is 1.41. The van der Waals surface area contributed by atoms with Gasteiger partial charge in [-0.1, -0.05) is 18.2 Å². The summed E-state index contributed by atoms with van der Waals surface area (Å²) < 4.78 is 18.5. The molecule has 2 amide bonds. The number of ether oxygens (including phenoxy) is 1. The average molecular weight is 484 g/mol. The van der Waals surface area contributed by atoms with E-state index in [9.17, 15) is 18.8 Å². The molecule has 2 saturated heterocycles. The van der Waals surface area contributed by atoms with Gasteiger partial charge in [0.25, 0.3) is 5.91 Å². The molecule has 5 rings (SSSR count). The number of amides is 2. The lowest BCUT2D eigenvalue weighted by Crippen LogP contribution is -2.52. The SMILES string of the molecule is COC(=O)C1CCN(CN2C(=O)[C@]3(S[C@H](C)C(=O)N3c3ccc(F)cc3)c3ccccc32)CC1. The van der Waals surface area contributed by atoms with Gasteiger partial charge >= 0.3 is 5.97 Å². The van der Waals surface area contributed by atoms with E-state index in [1.54, 1.807) is 24.0 Å². The number of hydrogen-bond acceptors (Lipinski definition) is 6. The largest absolute Gasteiger partial charge is 0.469 e. The molecule has 2 aromatic carbocycles. The third-order valence-electron chi connectivity index (χ3n) is 6.87. The van der Waals surface area contributed by atoms with Crippen molar-refractivity contribution in [3.63, 3.8) is 0 Å². The van der Waals surface area contributed by atoms with E-state index in [-0.39, 0.29) is 23.7 Å². The number of carbonyl (C=O) groups is 3. The maximum absolute atomic E-state index is 14.2. The van der Waals surface area contributed by atoms with Gasteiger partial charge in [-0.15, -0.1) is 11.8 Å². The lowest BCUT2D eigenvalue weighted by atomic mass is 9.97. The maximum Gasteiger partial charge on any atom is 0.308 e. The van der Waals surface area contributed by atoms with Crippen molar-refractivity contribution in [1.82, 2.24) is 4.90 Å². The molecule has 9 heteroatoms. The quantitative estimate of drug-likeness (QED) is 0.622. The molecule has 0 radical (unpaired) electrons. The highest BCUT2D eigenvalue weighted by Gasteiger charge is 2.63. The van der Waals surface area contributed by atoms with Crippen LogP contribution in [0.5, 0.6) is 0 Å². The molecule has 2 aromatic rings. The van der Waals surface area contributed by atoms with Crippen LogP contribution in [0.15, 0.2) is 48.5 Å². The number of rotatable bonds is 4. The van der Waals surface area contributed by atoms with Crippen LogP contribution in [0.1, 0.15) is 25.3 Å². The molecule has 2 atom stereocenters. The number of para-hydroxylation sites is 1. The van der Waals surface area contributed by atoms with Crippen molar-refractivity contribution in [3.05, 3.63) is 59.9 Å². The average Bonchev–Trinajstić information content (AvgIpc) is 3.25. The molecule has 0 saturated carbocycles. The number of anilines is 2. The number of benzene rings is 2. The Morgan fingerprint density at radius 1 is 1.12 bits per heavy atom. The third kappa shape index (κ3) is 3.49. The van der Waals surface area contributed by atoms with Crippen LogP contribution in [0.2, 0.25) is 0 Å². The number of piperidine rings is 1. The van der Waals surface area contributed by atoms with Crippen molar-refractivity contribution in [2.45, 2.75) is 29.9 Å². The minimum Gasteiger partial charge on any atom is -0.469 e. The summed E-state index contributed by atoms with van der Waals surface area (Å²) in [4.78, 5) is 43.5. The minimum atomic E-state index is -1.24. The number of nitrogens with zero attached hydrogens (tertiary/aromatic N) is 3. The lowest BCUT2D eigenvalue weighted by molar-refractivity contribution is -0.147. The Morgan fingerprint density at radius 2 is 1.79 bits per heavy atom. The Kier molecular flexibility index (Phi) is 5.85. The molecular weight excluding hydrogens is 457 g/mol. The second kappa shape index (κ2) is 8.70. The first-order chi connectivity index (χ1) is 16.4. The Hall–Kier alpha value is -2.91. The van der Waals surface area contributed by atoms with Crippen LogP contribution in [-0.2, 0) is 24.0 Å². The van der Waals surface area contributed by atoms with Crippen molar-refractivity contribution < 1.29 is 23.5 Å². The fraction of sp³-hybridized carbons (Fsp3) is 0.400. The predicted octanol–water partition coefficient (Wildman–Crippen LogP) is 3.34. The van der Waals surface area contributed by atoms with Gasteiger partial charge in [-0.2, -0.15) is 0 Å². The Morgan fingerprint density at radius 3 is 2.47 bits per heavy atom. The van der Waals surface area contributed by atoms with Crippen LogP contribution in [0.25, 0.3) is 0 Å². The molecule has 7 nitrogen and oxygen atoms in total. The van der Waals surface area contributed by atoms with Crippen LogP contribution in [-0.4, -0.2) is 54.8 Å². The number of methoxy groups -OCH3 is 1. The van der Waals surface area contributed by atoms with Crippen molar-refractivity contribution in [1.29, 1.82) is 0 Å². The summed E-state index contributed by atoms with van der Waals surface area (Å²) in [5.74, 6) is -1.07. The van der Waals surface area contributed by atoms with Gasteiger partial charge in [-0.05, 0) is 50.1 Å². The second-order valence-corrected chi connectivity index (χ2v) is 10.4. The topological polar surface area (TPSA) is 70.2 Å². The Bertz CT molecular complexity index is 1140. The fourth-order valence-corrected chi connectivity index (χ4v) is 6.67. The van der Waals surface area contributed by atoms with Crippen LogP contribution < -0.4 is 9.80 Å². The smallest absolute Gasteiger partial charge is 0.308 e. The summed E-state index contributed by atoms with van der Waals surface area (Å²) >= 11 is 1.33. The molecule has 3 aliphatic rings. The van der Waals surface area contributed by atoms with Gasteiger partial charge < -0.3 is 4.74 Å². The van der Waals surface area contributed by atoms with Crippen LogP contribution in [0, 0.1) is 11.7 Å². The van der Waals surface area contributed by atoms with Crippen molar-refractivity contribution in [2.75, 3.05) is 36.7 Å². The Balaban J connectivity index is 1.49. The van der Waals surface area contributed by atoms with E-state index < -0.39 is 15.9 Å². The van der Waals surface area contributed by atoms with Gasteiger partial charge in [-0.25, -0.2) is 4.39 Å². The molecule has 178 valence electrons. The molecule has 0 N–H and O–H groups in total. The molecule has 1 spiro atoms. The van der Waals surface area contributed by atoms with Gasteiger partial charge in [0.2, 0.25) is 10.8 Å². The van der Waals surface area contributed by atoms with Gasteiger partial charge in [0.15, 0.2) is 0 Å². The number of likely N-dealkylation sites (tertiary alicyclic amines) is 1. The number of hydrogen-bond donors (Lipinski definition) is 0. The normalized spacial score (nSPS) is 25.3. The van der Waals surface area contributed by atoms with E-state index in [1.165, 1.54) is 35.9 Å². The molecule has 0 aromatic heterocycles. The molecular formula is C25H26FN3O4S. The zero-order chi connectivity index (χ0) is 24.0. The standard InChI is InChI=1S/C25H26FN3O4S/c1-16-22(30)29(19-9-7-18(26)8-10-19)25(34-16)20-5-3-4-6-21(20)28(24(25)32)15-27-13-11-17(12-14-27)23(31)33-2/h3-10,16-17H,11-15H2,1-2H3/t16-,25-/m1/s1. The summed E-state index contributed by atoms with van der Waals surface area (Å²) in [6.07, 6.45) is 1.35. The number of esters is 1. The molecule has 3 aliphatic heterocycles. The summed E-state index contributed by atoms with van der Waals surface area (Å²) in [6, 6.07) is 13.3. The first kappa shape index (κ1) is 22.9. The zero-order valence-corrected chi connectivity index (χ0v) is 19.9. The number of halogens is 1. The predicted molar refractivity (Wildman–Crippen MR) is 128 cm³/mol. The van der Waals surface area contributed by atoms with Gasteiger partial charge in [0.1, 0.15) is 5.82 Å². The van der Waals surface area contributed by atoms with E-state index >= 15 is 0 Å². The molecule has 2 fully saturated rings. The van der Waals surface area contributed by atoms with Crippen LogP contribution >= 0.6 is 11.8 Å². The first-order valence-electron chi connectivity index (χ1n) is 11.4. The zero-order valence-electron chi connectivity index (χ0n) is 19.1. The highest BCUT2D eigenvalue weighted by Crippen LogP contribution is 2.57. The summed E-state index contributed by atoms with van der Waals surface area (Å²) in [6.45, 7) is 3.51. The molecule has 0 unspecified atom stereocenters. The number of thioether (sulfide) groups is 1. The lowest BCUT2D eigenvalue weighted by Gasteiger charge is -2.36. The highest BCUT2D eigenvalue weighted by molar-refractivity contribution is 8.03. The van der Waals surface area contributed by atoms with Crippen LogP contribution in [0.3, 0.4) is 0 Å². The van der Waals surface area contributed by atoms with Gasteiger partial charge in [0, 0.05) is 24.3 Å². The molecule has 3 heterocycles. The van der Waals surface area contributed by atoms with Gasteiger partial charge in [0.05, 0.1) is 30.6 Å². The second-order valence-electron chi connectivity index (χ2n) is 8.86. The van der Waals surface area contributed by atoms with Gasteiger partial charge in [-0.3, -0.25) is 29.1 Å². The van der Waals surface area contributed by atoms with E-state index in [0.29, 0.717) is 38.3 Å². The summed E-state index contributed by atoms with van der Waals surface area (Å²) in [5, 5.41) is -0.433. The van der Waals surface area contributed by atoms with E-state index in [1.807, 2.05) is 24.3 Å². The molecule has 34 heavy (non-hydrogen) atoms. The molecule has 0 bridgehead atoms. The number of fused-ring (bicyclic) bond motifs is 2. The first-order valence-corrected chi connectivity index (χ1v) is 12.2. The van der Waals surface area contributed by atoms with E-state index in [2.05, 4.69) is 4.90 Å². The molecule has 0 aliphatic carbocycles. The van der Waals surface area contributed by atoms with E-state index in [0.717, 1.165) is 11.3 Å². The Labute approximate surface area is 201 Å². The monoisotopic (exact) mass is 483 g/mol. The summed E-state index contributed by atoms with van der Waals surface area (Å²) in [5.41, 5.74) is 2.02. The van der Waals surface area contributed by atoms with E-state index in [4.69, 9.17) is 4.74 Å². The maximum atomic E-state index is 14.2. The fourth-order valence-electron chi connectivity index (χ4n) is 5.15.